The number of nitrogens with one attached hydrogen (secondary N) is 2. The molecule has 30 heavy (non-hydrogen) atoms. The Balaban J connectivity index is 1.41. The van der Waals surface area contributed by atoms with Crippen molar-refractivity contribution < 1.29 is 4.39 Å². The zero-order chi connectivity index (χ0) is 20.5. The van der Waals surface area contributed by atoms with Crippen LogP contribution in [0, 0.1) is 5.82 Å². The molecule has 4 aromatic rings. The number of aromatic amines is 1. The van der Waals surface area contributed by atoms with E-state index in [1.54, 1.807) is 12.1 Å². The molecule has 0 amide bonds. The van der Waals surface area contributed by atoms with Crippen molar-refractivity contribution in [1.82, 2.24) is 25.7 Å². The Hall–Kier alpha value is -3.32. The molecule has 6 nitrogen and oxygen atoms in total. The van der Waals surface area contributed by atoms with E-state index < -0.39 is 0 Å². The number of aromatic nitrogens is 4. The predicted octanol–water partition coefficient (Wildman–Crippen LogP) is 3.87. The lowest BCUT2D eigenvalue weighted by Crippen LogP contribution is -2.22. The number of halogens is 1. The highest BCUT2D eigenvalue weighted by molar-refractivity contribution is 5.77. The van der Waals surface area contributed by atoms with Gasteiger partial charge >= 0.3 is 0 Å². The molecular weight excluding hydrogens is 379 g/mol. The van der Waals surface area contributed by atoms with E-state index in [-0.39, 0.29) is 17.8 Å². The van der Waals surface area contributed by atoms with Gasteiger partial charge in [0.1, 0.15) is 17.2 Å². The standard InChI is InChI=1S/C23H23FN6/c24-16-8-6-15-7-9-20(18(15)12-16)26-11-10-17(14-4-2-1-3-5-14)19-13-21(25)27-23-22(19)28-30-29-23/h1-6,8,12-13,17,20,26H,7,9-11H2,(H3,25,27,28,29,30)/t17?,20-/m1/s1. The van der Waals surface area contributed by atoms with Crippen molar-refractivity contribution in [3.05, 3.63) is 82.7 Å². The van der Waals surface area contributed by atoms with Gasteiger partial charge in [0.15, 0.2) is 5.65 Å². The molecule has 2 aromatic carbocycles. The minimum atomic E-state index is -0.176. The zero-order valence-electron chi connectivity index (χ0n) is 16.5. The number of fused-ring (bicyclic) bond motifs is 2. The molecule has 0 saturated heterocycles. The molecule has 1 unspecified atom stereocenters. The fourth-order valence-corrected chi connectivity index (χ4v) is 4.52. The first kappa shape index (κ1) is 18.7. The van der Waals surface area contributed by atoms with E-state index in [9.17, 15) is 4.39 Å². The number of pyridine rings is 1. The van der Waals surface area contributed by atoms with Gasteiger partial charge in [-0.1, -0.05) is 41.6 Å². The number of hydrogen-bond donors (Lipinski definition) is 3. The Morgan fingerprint density at radius 2 is 2.03 bits per heavy atom. The van der Waals surface area contributed by atoms with Crippen molar-refractivity contribution in [1.29, 1.82) is 0 Å². The normalized spacial score (nSPS) is 16.6. The van der Waals surface area contributed by atoms with Gasteiger partial charge < -0.3 is 11.1 Å². The highest BCUT2D eigenvalue weighted by atomic mass is 19.1. The lowest BCUT2D eigenvalue weighted by atomic mass is 9.88. The predicted molar refractivity (Wildman–Crippen MR) is 114 cm³/mol. The number of rotatable bonds is 6. The first-order valence-electron chi connectivity index (χ1n) is 10.2. The molecule has 0 radical (unpaired) electrons. The van der Waals surface area contributed by atoms with Gasteiger partial charge in [-0.05, 0) is 66.3 Å². The van der Waals surface area contributed by atoms with Gasteiger partial charge in [-0.3, -0.25) is 0 Å². The molecule has 2 atom stereocenters. The summed E-state index contributed by atoms with van der Waals surface area (Å²) >= 11 is 0. The molecule has 0 bridgehead atoms. The van der Waals surface area contributed by atoms with Gasteiger partial charge in [0.2, 0.25) is 0 Å². The molecule has 7 heteroatoms. The Kier molecular flexibility index (Phi) is 4.88. The summed E-state index contributed by atoms with van der Waals surface area (Å²) in [5.41, 5.74) is 11.9. The summed E-state index contributed by atoms with van der Waals surface area (Å²) in [5, 5.41) is 14.6. The largest absolute Gasteiger partial charge is 0.384 e. The van der Waals surface area contributed by atoms with Crippen LogP contribution in [0.2, 0.25) is 0 Å². The maximum atomic E-state index is 13.7. The lowest BCUT2D eigenvalue weighted by molar-refractivity contribution is 0.506. The number of H-pyrrole nitrogens is 1. The third-order valence-corrected chi connectivity index (χ3v) is 5.93. The molecule has 1 aliphatic rings. The Bertz CT molecular complexity index is 1170. The quantitative estimate of drug-likeness (QED) is 0.455. The van der Waals surface area contributed by atoms with Crippen LogP contribution in [0.5, 0.6) is 0 Å². The fraction of sp³-hybridized carbons (Fsp3) is 0.261. The van der Waals surface area contributed by atoms with Gasteiger partial charge in [-0.25, -0.2) is 14.5 Å². The van der Waals surface area contributed by atoms with E-state index in [0.717, 1.165) is 42.5 Å². The maximum Gasteiger partial charge on any atom is 0.178 e. The van der Waals surface area contributed by atoms with Crippen LogP contribution in [-0.2, 0) is 6.42 Å². The maximum absolute atomic E-state index is 13.7. The second-order valence-corrected chi connectivity index (χ2v) is 7.79. The second-order valence-electron chi connectivity index (χ2n) is 7.79. The summed E-state index contributed by atoms with van der Waals surface area (Å²) in [7, 11) is 0. The monoisotopic (exact) mass is 402 g/mol. The number of nitrogens with two attached hydrogens (primary N) is 1. The third-order valence-electron chi connectivity index (χ3n) is 5.93. The molecule has 1 aliphatic carbocycles. The first-order valence-corrected chi connectivity index (χ1v) is 10.2. The van der Waals surface area contributed by atoms with E-state index in [4.69, 9.17) is 5.73 Å². The molecule has 4 N–H and O–H groups in total. The molecule has 2 heterocycles. The Morgan fingerprint density at radius 3 is 2.90 bits per heavy atom. The number of nitrogen functional groups attached to an aromatic ring is 1. The molecule has 0 aliphatic heterocycles. The van der Waals surface area contributed by atoms with E-state index in [1.807, 2.05) is 30.3 Å². The number of anilines is 1. The van der Waals surface area contributed by atoms with Crippen LogP contribution in [0.15, 0.2) is 54.6 Å². The molecular formula is C23H23FN6. The van der Waals surface area contributed by atoms with E-state index >= 15 is 0 Å². The summed E-state index contributed by atoms with van der Waals surface area (Å²) in [4.78, 5) is 4.30. The van der Waals surface area contributed by atoms with Crippen LogP contribution >= 0.6 is 0 Å². The van der Waals surface area contributed by atoms with E-state index in [0.29, 0.717) is 11.5 Å². The minimum Gasteiger partial charge on any atom is -0.384 e. The SMILES string of the molecule is Nc1cc(C(CCN[C@@H]2CCc3ccc(F)cc32)c2ccccc2)c2nn[nH]c2n1. The van der Waals surface area contributed by atoms with Crippen LogP contribution < -0.4 is 11.1 Å². The number of aryl methyl sites for hydroxylation is 1. The van der Waals surface area contributed by atoms with Gasteiger partial charge in [0, 0.05) is 12.0 Å². The summed E-state index contributed by atoms with van der Waals surface area (Å²) in [6.45, 7) is 0.780. The highest BCUT2D eigenvalue weighted by Gasteiger charge is 2.24. The minimum absolute atomic E-state index is 0.0879. The highest BCUT2D eigenvalue weighted by Crippen LogP contribution is 2.34. The second kappa shape index (κ2) is 7.84. The topological polar surface area (TPSA) is 92.5 Å². The average molecular weight is 402 g/mol. The van der Waals surface area contributed by atoms with Crippen LogP contribution in [-0.4, -0.2) is 26.9 Å². The van der Waals surface area contributed by atoms with Crippen molar-refractivity contribution in [2.24, 2.45) is 0 Å². The summed E-state index contributed by atoms with van der Waals surface area (Å²) in [6, 6.07) is 17.5. The first-order chi connectivity index (χ1) is 14.7. The van der Waals surface area contributed by atoms with Crippen LogP contribution in [0.25, 0.3) is 11.2 Å². The van der Waals surface area contributed by atoms with Crippen LogP contribution in [0.4, 0.5) is 10.2 Å². The van der Waals surface area contributed by atoms with Gasteiger partial charge in [0.05, 0.1) is 0 Å². The smallest absolute Gasteiger partial charge is 0.178 e. The third kappa shape index (κ3) is 3.52. The summed E-state index contributed by atoms with van der Waals surface area (Å²) in [5.74, 6) is 0.355. The summed E-state index contributed by atoms with van der Waals surface area (Å²) < 4.78 is 13.7. The van der Waals surface area contributed by atoms with Gasteiger partial charge in [-0.15, -0.1) is 5.10 Å². The number of hydrogen-bond acceptors (Lipinski definition) is 5. The van der Waals surface area contributed by atoms with E-state index in [2.05, 4.69) is 37.8 Å². The molecule has 2 aromatic heterocycles. The fourth-order valence-electron chi connectivity index (χ4n) is 4.52. The van der Waals surface area contributed by atoms with Crippen LogP contribution in [0.3, 0.4) is 0 Å². The molecule has 5 rings (SSSR count). The average Bonchev–Trinajstić information content (AvgIpc) is 3.38. The zero-order valence-corrected chi connectivity index (χ0v) is 16.5. The Labute approximate surface area is 173 Å². The molecule has 0 fully saturated rings. The summed E-state index contributed by atoms with van der Waals surface area (Å²) in [6.07, 6.45) is 2.82. The van der Waals surface area contributed by atoms with Gasteiger partial charge in [0.25, 0.3) is 0 Å². The van der Waals surface area contributed by atoms with E-state index in [1.165, 1.54) is 11.1 Å². The van der Waals surface area contributed by atoms with Crippen molar-refractivity contribution in [3.63, 3.8) is 0 Å². The molecule has 0 spiro atoms. The van der Waals surface area contributed by atoms with Crippen LogP contribution in [0.1, 0.15) is 47.1 Å². The molecule has 0 saturated carbocycles. The Morgan fingerprint density at radius 1 is 1.17 bits per heavy atom. The van der Waals surface area contributed by atoms with Gasteiger partial charge in [-0.2, -0.15) is 0 Å². The lowest BCUT2D eigenvalue weighted by Gasteiger charge is -2.21. The number of benzene rings is 2. The molecule has 152 valence electrons. The number of nitrogens with zero attached hydrogens (tertiary/aromatic N) is 3. The van der Waals surface area contributed by atoms with Crippen molar-refractivity contribution in [2.45, 2.75) is 31.2 Å². The van der Waals surface area contributed by atoms with Crippen molar-refractivity contribution in [2.75, 3.05) is 12.3 Å². The van der Waals surface area contributed by atoms with Crippen molar-refractivity contribution in [3.8, 4) is 0 Å². The van der Waals surface area contributed by atoms with Crippen molar-refractivity contribution >= 4 is 17.0 Å².